The van der Waals surface area contributed by atoms with Gasteiger partial charge >= 0.3 is 6.03 Å². The summed E-state index contributed by atoms with van der Waals surface area (Å²) in [5.41, 5.74) is 0. The van der Waals surface area contributed by atoms with Crippen molar-refractivity contribution >= 4 is 6.03 Å². The summed E-state index contributed by atoms with van der Waals surface area (Å²) >= 11 is 0. The van der Waals surface area contributed by atoms with E-state index in [9.17, 15) is 4.79 Å². The summed E-state index contributed by atoms with van der Waals surface area (Å²) in [6.45, 7) is 3.09. The predicted molar refractivity (Wildman–Crippen MR) is 38.4 cm³/mol. The van der Waals surface area contributed by atoms with E-state index in [4.69, 9.17) is 6.42 Å². The third-order valence-corrected chi connectivity index (χ3v) is 1.60. The van der Waals surface area contributed by atoms with Gasteiger partial charge in [-0.15, -0.1) is 6.42 Å². The van der Waals surface area contributed by atoms with Crippen molar-refractivity contribution in [1.29, 1.82) is 0 Å². The zero-order chi connectivity index (χ0) is 7.56. The number of hydrogen-bond acceptors (Lipinski definition) is 1. The van der Waals surface area contributed by atoms with Crippen LogP contribution in [-0.4, -0.2) is 30.1 Å². The van der Waals surface area contributed by atoms with Crippen LogP contribution in [0.5, 0.6) is 0 Å². The molecular formula is C7H10N2O. The van der Waals surface area contributed by atoms with Crippen LogP contribution >= 0.6 is 0 Å². The van der Waals surface area contributed by atoms with Crippen LogP contribution in [0.25, 0.3) is 0 Å². The highest BCUT2D eigenvalue weighted by molar-refractivity contribution is 5.77. The van der Waals surface area contributed by atoms with E-state index in [0.717, 1.165) is 0 Å². The van der Waals surface area contributed by atoms with Gasteiger partial charge < -0.3 is 10.2 Å². The Morgan fingerprint density at radius 1 is 2.00 bits per heavy atom. The predicted octanol–water partition coefficient (Wildman–Crippen LogP) is 0.0333. The molecule has 0 aromatic carbocycles. The lowest BCUT2D eigenvalue weighted by atomic mass is 10.3. The lowest BCUT2D eigenvalue weighted by molar-refractivity contribution is 0.213. The fourth-order valence-corrected chi connectivity index (χ4v) is 0.973. The van der Waals surface area contributed by atoms with Crippen LogP contribution < -0.4 is 5.32 Å². The standard InChI is InChI=1S/C7H10N2O/c1-3-4-9-6(2)5-8-7(9)10/h1,6H,4-5H2,2H3,(H,8,10). The second-order valence-electron chi connectivity index (χ2n) is 2.37. The maximum Gasteiger partial charge on any atom is 0.318 e. The second-order valence-corrected chi connectivity index (χ2v) is 2.37. The van der Waals surface area contributed by atoms with Crippen LogP contribution in [0.3, 0.4) is 0 Å². The molecule has 0 radical (unpaired) electrons. The Hall–Kier alpha value is -1.17. The maximum absolute atomic E-state index is 10.9. The number of terminal acetylenes is 1. The van der Waals surface area contributed by atoms with Gasteiger partial charge in [-0.3, -0.25) is 0 Å². The first kappa shape index (κ1) is 6.94. The summed E-state index contributed by atoms with van der Waals surface area (Å²) in [4.78, 5) is 12.5. The highest BCUT2D eigenvalue weighted by Gasteiger charge is 2.25. The number of rotatable bonds is 1. The van der Waals surface area contributed by atoms with Crippen molar-refractivity contribution in [2.45, 2.75) is 13.0 Å². The maximum atomic E-state index is 10.9. The van der Waals surface area contributed by atoms with Crippen molar-refractivity contribution < 1.29 is 4.79 Å². The first-order valence-corrected chi connectivity index (χ1v) is 3.23. The van der Waals surface area contributed by atoms with Crippen molar-refractivity contribution in [3.8, 4) is 12.3 Å². The number of urea groups is 1. The Balaban J connectivity index is 2.56. The molecule has 1 aliphatic heterocycles. The fourth-order valence-electron chi connectivity index (χ4n) is 0.973. The monoisotopic (exact) mass is 138 g/mol. The fraction of sp³-hybridized carbons (Fsp3) is 0.571. The molecule has 1 rings (SSSR count). The molecule has 0 bridgehead atoms. The summed E-state index contributed by atoms with van der Waals surface area (Å²) in [5, 5.41) is 2.70. The smallest absolute Gasteiger partial charge is 0.318 e. The molecular weight excluding hydrogens is 128 g/mol. The third-order valence-electron chi connectivity index (χ3n) is 1.60. The van der Waals surface area contributed by atoms with E-state index >= 15 is 0 Å². The number of amides is 2. The highest BCUT2D eigenvalue weighted by atomic mass is 16.2. The number of carbonyl (C=O) groups excluding carboxylic acids is 1. The Labute approximate surface area is 60.4 Å². The van der Waals surface area contributed by atoms with Gasteiger partial charge in [0.15, 0.2) is 0 Å². The molecule has 1 saturated heterocycles. The molecule has 1 atom stereocenters. The van der Waals surface area contributed by atoms with Crippen molar-refractivity contribution in [1.82, 2.24) is 10.2 Å². The molecule has 1 fully saturated rings. The molecule has 0 aromatic heterocycles. The van der Waals surface area contributed by atoms with Gasteiger partial charge in [-0.05, 0) is 6.92 Å². The van der Waals surface area contributed by atoms with E-state index in [1.807, 2.05) is 6.92 Å². The van der Waals surface area contributed by atoms with Gasteiger partial charge in [0.05, 0.1) is 6.54 Å². The summed E-state index contributed by atoms with van der Waals surface area (Å²) in [6, 6.07) is 0.189. The molecule has 0 spiro atoms. The van der Waals surface area contributed by atoms with Gasteiger partial charge in [-0.25, -0.2) is 4.79 Å². The van der Waals surface area contributed by atoms with E-state index in [0.29, 0.717) is 13.1 Å². The minimum absolute atomic E-state index is 0.0505. The first-order valence-electron chi connectivity index (χ1n) is 3.23. The van der Waals surface area contributed by atoms with Crippen LogP contribution in [0.15, 0.2) is 0 Å². The van der Waals surface area contributed by atoms with Crippen molar-refractivity contribution in [3.63, 3.8) is 0 Å². The van der Waals surface area contributed by atoms with Crippen molar-refractivity contribution in [3.05, 3.63) is 0 Å². The molecule has 3 nitrogen and oxygen atoms in total. The van der Waals surface area contributed by atoms with Crippen LogP contribution in [0.2, 0.25) is 0 Å². The Morgan fingerprint density at radius 3 is 3.10 bits per heavy atom. The molecule has 1 N–H and O–H groups in total. The molecule has 2 amide bonds. The van der Waals surface area contributed by atoms with Gasteiger partial charge in [0.25, 0.3) is 0 Å². The molecule has 1 unspecified atom stereocenters. The second kappa shape index (κ2) is 2.61. The van der Waals surface area contributed by atoms with Crippen molar-refractivity contribution in [2.75, 3.05) is 13.1 Å². The third kappa shape index (κ3) is 1.06. The van der Waals surface area contributed by atoms with E-state index in [1.54, 1.807) is 4.90 Å². The first-order chi connectivity index (χ1) is 4.75. The topological polar surface area (TPSA) is 32.3 Å². The molecule has 0 saturated carbocycles. The molecule has 1 heterocycles. The van der Waals surface area contributed by atoms with E-state index in [1.165, 1.54) is 0 Å². The van der Waals surface area contributed by atoms with Gasteiger partial charge in [0.1, 0.15) is 0 Å². The van der Waals surface area contributed by atoms with Gasteiger partial charge in [0.2, 0.25) is 0 Å². The molecule has 54 valence electrons. The molecule has 0 aromatic rings. The van der Waals surface area contributed by atoms with Crippen LogP contribution in [0, 0.1) is 12.3 Å². The van der Waals surface area contributed by atoms with Crippen LogP contribution in [0.1, 0.15) is 6.92 Å². The Morgan fingerprint density at radius 2 is 2.70 bits per heavy atom. The zero-order valence-electron chi connectivity index (χ0n) is 5.92. The summed E-state index contributed by atoms with van der Waals surface area (Å²) in [7, 11) is 0. The summed E-state index contributed by atoms with van der Waals surface area (Å²) in [6.07, 6.45) is 5.06. The Bertz CT molecular complexity index is 183. The Kier molecular flexibility index (Phi) is 1.81. The van der Waals surface area contributed by atoms with E-state index < -0.39 is 0 Å². The highest BCUT2D eigenvalue weighted by Crippen LogP contribution is 2.03. The SMILES string of the molecule is C#CCN1C(=O)NCC1C. The average Bonchev–Trinajstić information content (AvgIpc) is 2.20. The van der Waals surface area contributed by atoms with E-state index in [-0.39, 0.29) is 12.1 Å². The van der Waals surface area contributed by atoms with Gasteiger partial charge in [0, 0.05) is 12.6 Å². The molecule has 1 aliphatic rings. The molecule has 3 heteroatoms. The van der Waals surface area contributed by atoms with Gasteiger partial charge in [-0.1, -0.05) is 5.92 Å². The number of carbonyl (C=O) groups is 1. The molecule has 10 heavy (non-hydrogen) atoms. The lowest BCUT2D eigenvalue weighted by Crippen LogP contribution is -2.32. The average molecular weight is 138 g/mol. The normalized spacial score (nSPS) is 24.2. The quantitative estimate of drug-likeness (QED) is 0.509. The van der Waals surface area contributed by atoms with Crippen molar-refractivity contribution in [2.24, 2.45) is 0 Å². The van der Waals surface area contributed by atoms with Crippen LogP contribution in [0.4, 0.5) is 4.79 Å². The van der Waals surface area contributed by atoms with Crippen LogP contribution in [-0.2, 0) is 0 Å². The minimum atomic E-state index is -0.0505. The summed E-state index contributed by atoms with van der Waals surface area (Å²) < 4.78 is 0. The van der Waals surface area contributed by atoms with E-state index in [2.05, 4.69) is 11.2 Å². The van der Waals surface area contributed by atoms with Gasteiger partial charge in [-0.2, -0.15) is 0 Å². The largest absolute Gasteiger partial charge is 0.336 e. The lowest BCUT2D eigenvalue weighted by Gasteiger charge is -2.15. The zero-order valence-corrected chi connectivity index (χ0v) is 5.92. The number of nitrogens with one attached hydrogen (secondary N) is 1. The summed E-state index contributed by atoms with van der Waals surface area (Å²) in [5.74, 6) is 2.44. The molecule has 0 aliphatic carbocycles. The number of nitrogens with zero attached hydrogens (tertiary/aromatic N) is 1. The minimum Gasteiger partial charge on any atom is -0.336 e. The number of hydrogen-bond donors (Lipinski definition) is 1.